The van der Waals surface area contributed by atoms with Crippen LogP contribution in [0.2, 0.25) is 0 Å². The van der Waals surface area contributed by atoms with Crippen LogP contribution in [0.15, 0.2) is 24.3 Å². The number of nitrogens with one attached hydrogen (secondary N) is 1. The van der Waals surface area contributed by atoms with Crippen molar-refractivity contribution in [2.45, 2.75) is 37.7 Å². The third-order valence-corrected chi connectivity index (χ3v) is 4.84. The highest BCUT2D eigenvalue weighted by atomic mass is 35.5. The minimum absolute atomic E-state index is 0. The van der Waals surface area contributed by atoms with Crippen LogP contribution in [0.5, 0.6) is 5.75 Å². The minimum Gasteiger partial charge on any atom is -0.406 e. The second-order valence-electron chi connectivity index (χ2n) is 6.46. The molecule has 1 N–H and O–H groups in total. The number of halogens is 4. The summed E-state index contributed by atoms with van der Waals surface area (Å²) in [5.74, 6) is -0.365. The third kappa shape index (κ3) is 4.81. The van der Waals surface area contributed by atoms with Crippen molar-refractivity contribution in [2.24, 2.45) is 0 Å². The Balaban J connectivity index is 0.00000243. The number of alkyl halides is 3. The van der Waals surface area contributed by atoms with Gasteiger partial charge in [0.25, 0.3) is 0 Å². The topological polar surface area (TPSA) is 44.8 Å². The average Bonchev–Trinajstić information content (AvgIpc) is 2.95. The van der Waals surface area contributed by atoms with E-state index in [-0.39, 0.29) is 30.1 Å². The van der Waals surface area contributed by atoms with Gasteiger partial charge >= 0.3 is 6.36 Å². The van der Waals surface area contributed by atoms with Crippen molar-refractivity contribution in [2.75, 3.05) is 31.6 Å². The van der Waals surface area contributed by atoms with Gasteiger partial charge in [-0.2, -0.15) is 0 Å². The van der Waals surface area contributed by atoms with Gasteiger partial charge in [0.1, 0.15) is 5.75 Å². The molecule has 2 unspecified atom stereocenters. The van der Waals surface area contributed by atoms with Crippen molar-refractivity contribution in [3.05, 3.63) is 24.3 Å². The smallest absolute Gasteiger partial charge is 0.406 e. The Bertz CT molecular complexity index is 630. The first-order valence-corrected chi connectivity index (χ1v) is 8.46. The molecule has 1 amide bonds. The fraction of sp³-hybridized carbons (Fsp3) is 0.588. The maximum absolute atomic E-state index is 12.8. The molecule has 3 rings (SSSR count). The molecule has 0 aliphatic carbocycles. The molecule has 2 atom stereocenters. The molecule has 2 fully saturated rings. The van der Waals surface area contributed by atoms with Gasteiger partial charge in [-0.25, -0.2) is 0 Å². The maximum atomic E-state index is 12.8. The standard InChI is InChI=1S/C17H22F3N3O2.ClH/c1-21-12-4-3-8-22(11-12)15-7-9-23(16(15)24)13-5-2-6-14(10-13)25-17(18,19)20;/h2,5-6,10,12,15,21H,3-4,7-9,11H2,1H3;1H. The van der Waals surface area contributed by atoms with Crippen molar-refractivity contribution < 1.29 is 22.7 Å². The van der Waals surface area contributed by atoms with Gasteiger partial charge in [0.05, 0.1) is 6.04 Å². The maximum Gasteiger partial charge on any atom is 0.573 e. The van der Waals surface area contributed by atoms with E-state index in [1.54, 1.807) is 11.0 Å². The van der Waals surface area contributed by atoms with Crippen LogP contribution in [-0.4, -0.2) is 55.9 Å². The molecule has 5 nitrogen and oxygen atoms in total. The molecule has 1 aromatic rings. The van der Waals surface area contributed by atoms with E-state index >= 15 is 0 Å². The van der Waals surface area contributed by atoms with Gasteiger partial charge in [-0.05, 0) is 45.0 Å². The molecule has 1 aromatic carbocycles. The molecule has 0 bridgehead atoms. The van der Waals surface area contributed by atoms with E-state index in [1.165, 1.54) is 18.2 Å². The zero-order valence-corrected chi connectivity index (χ0v) is 15.3. The molecule has 9 heteroatoms. The zero-order valence-electron chi connectivity index (χ0n) is 14.5. The van der Waals surface area contributed by atoms with E-state index in [0.29, 0.717) is 24.7 Å². The first-order chi connectivity index (χ1) is 11.9. The lowest BCUT2D eigenvalue weighted by Crippen LogP contribution is -2.51. The Morgan fingerprint density at radius 1 is 1.23 bits per heavy atom. The second-order valence-corrected chi connectivity index (χ2v) is 6.46. The summed E-state index contributed by atoms with van der Waals surface area (Å²) in [7, 11) is 1.92. The van der Waals surface area contributed by atoms with Gasteiger partial charge in [-0.15, -0.1) is 25.6 Å². The lowest BCUT2D eigenvalue weighted by atomic mass is 10.0. The number of amides is 1. The number of benzene rings is 1. The van der Waals surface area contributed by atoms with Gasteiger partial charge in [0, 0.05) is 30.9 Å². The van der Waals surface area contributed by atoms with Crippen LogP contribution in [0, 0.1) is 0 Å². The van der Waals surface area contributed by atoms with E-state index in [4.69, 9.17) is 0 Å². The fourth-order valence-corrected chi connectivity index (χ4v) is 3.63. The highest BCUT2D eigenvalue weighted by Crippen LogP contribution is 2.30. The molecule has 0 aromatic heterocycles. The van der Waals surface area contributed by atoms with Crippen molar-refractivity contribution in [3.63, 3.8) is 0 Å². The quantitative estimate of drug-likeness (QED) is 0.854. The van der Waals surface area contributed by atoms with Crippen molar-refractivity contribution in [3.8, 4) is 5.75 Å². The summed E-state index contributed by atoms with van der Waals surface area (Å²) in [5, 5.41) is 3.25. The number of hydrogen-bond acceptors (Lipinski definition) is 4. The van der Waals surface area contributed by atoms with Gasteiger partial charge < -0.3 is 15.0 Å². The molecule has 2 saturated heterocycles. The summed E-state index contributed by atoms with van der Waals surface area (Å²) in [6.45, 7) is 2.19. The number of likely N-dealkylation sites (N-methyl/N-ethyl adjacent to an activating group) is 1. The fourth-order valence-electron chi connectivity index (χ4n) is 3.63. The van der Waals surface area contributed by atoms with Crippen molar-refractivity contribution >= 4 is 24.0 Å². The van der Waals surface area contributed by atoms with E-state index in [2.05, 4.69) is 15.0 Å². The van der Waals surface area contributed by atoms with E-state index in [9.17, 15) is 18.0 Å². The monoisotopic (exact) mass is 393 g/mol. The molecule has 26 heavy (non-hydrogen) atoms. The summed E-state index contributed by atoms with van der Waals surface area (Å²) in [4.78, 5) is 16.5. The van der Waals surface area contributed by atoms with Crippen LogP contribution >= 0.6 is 12.4 Å². The summed E-state index contributed by atoms with van der Waals surface area (Å²) >= 11 is 0. The third-order valence-electron chi connectivity index (χ3n) is 4.84. The molecular weight excluding hydrogens is 371 g/mol. The molecule has 2 aliphatic rings. The highest BCUT2D eigenvalue weighted by Gasteiger charge is 2.38. The number of nitrogens with zero attached hydrogens (tertiary/aromatic N) is 2. The molecule has 0 saturated carbocycles. The predicted octanol–water partition coefficient (Wildman–Crippen LogP) is 2.80. The van der Waals surface area contributed by atoms with Crippen LogP contribution in [0.4, 0.5) is 18.9 Å². The van der Waals surface area contributed by atoms with E-state index < -0.39 is 6.36 Å². The number of piperidine rings is 1. The normalized spacial score (nSPS) is 24.5. The number of likely N-dealkylation sites (tertiary alicyclic amines) is 1. The van der Waals surface area contributed by atoms with Crippen molar-refractivity contribution in [1.82, 2.24) is 10.2 Å². The number of carbonyl (C=O) groups excluding carboxylic acids is 1. The summed E-state index contributed by atoms with van der Waals surface area (Å²) in [5.41, 5.74) is 0.441. The van der Waals surface area contributed by atoms with Gasteiger partial charge in [-0.1, -0.05) is 6.07 Å². The molecule has 0 radical (unpaired) electrons. The molecule has 0 spiro atoms. The number of ether oxygens (including phenoxy) is 1. The Morgan fingerprint density at radius 2 is 2.00 bits per heavy atom. The number of hydrogen-bond donors (Lipinski definition) is 1. The van der Waals surface area contributed by atoms with Crippen LogP contribution in [0.3, 0.4) is 0 Å². The largest absolute Gasteiger partial charge is 0.573 e. The second kappa shape index (κ2) is 8.45. The van der Waals surface area contributed by atoms with Crippen molar-refractivity contribution in [1.29, 1.82) is 0 Å². The van der Waals surface area contributed by atoms with Crippen LogP contribution in [-0.2, 0) is 4.79 Å². The van der Waals surface area contributed by atoms with E-state index in [1.807, 2.05) is 7.05 Å². The van der Waals surface area contributed by atoms with Gasteiger partial charge in [0.2, 0.25) is 5.91 Å². The van der Waals surface area contributed by atoms with E-state index in [0.717, 1.165) is 25.9 Å². The lowest BCUT2D eigenvalue weighted by Gasteiger charge is -2.35. The SMILES string of the molecule is CNC1CCCN(C2CCN(c3cccc(OC(F)(F)F)c3)C2=O)C1.Cl. The van der Waals surface area contributed by atoms with Crippen LogP contribution in [0.1, 0.15) is 19.3 Å². The summed E-state index contributed by atoms with van der Waals surface area (Å²) in [6.07, 6.45) is -1.94. The molecular formula is C17H23ClF3N3O2. The Kier molecular flexibility index (Phi) is 6.76. The first kappa shape index (κ1) is 20.8. The Morgan fingerprint density at radius 3 is 2.69 bits per heavy atom. The summed E-state index contributed by atoms with van der Waals surface area (Å²) < 4.78 is 41.1. The number of anilines is 1. The minimum atomic E-state index is -4.74. The molecule has 2 heterocycles. The lowest BCUT2D eigenvalue weighted by molar-refractivity contribution is -0.274. The van der Waals surface area contributed by atoms with Gasteiger partial charge in [0.15, 0.2) is 0 Å². The molecule has 146 valence electrons. The number of rotatable bonds is 4. The predicted molar refractivity (Wildman–Crippen MR) is 94.8 cm³/mol. The Hall–Kier alpha value is -1.51. The zero-order chi connectivity index (χ0) is 18.0. The summed E-state index contributed by atoms with van der Waals surface area (Å²) in [6, 6.07) is 5.77. The number of carbonyl (C=O) groups is 1. The first-order valence-electron chi connectivity index (χ1n) is 8.46. The Labute approximate surface area is 156 Å². The van der Waals surface area contributed by atoms with Gasteiger partial charge in [-0.3, -0.25) is 9.69 Å². The average molecular weight is 394 g/mol. The highest BCUT2D eigenvalue weighted by molar-refractivity contribution is 5.99. The molecule has 2 aliphatic heterocycles. The van der Waals surface area contributed by atoms with Crippen LogP contribution < -0.4 is 15.0 Å². The van der Waals surface area contributed by atoms with Crippen LogP contribution in [0.25, 0.3) is 0 Å².